The summed E-state index contributed by atoms with van der Waals surface area (Å²) in [5.74, 6) is -0.750. The number of imide groups is 1. The molecular weight excluding hydrogens is 493 g/mol. The summed E-state index contributed by atoms with van der Waals surface area (Å²) < 4.78 is 6.41. The van der Waals surface area contributed by atoms with Crippen LogP contribution in [0.2, 0.25) is 0 Å². The van der Waals surface area contributed by atoms with Crippen LogP contribution in [-0.2, 0) is 16.1 Å². The molecule has 2 amide bonds. The number of rotatable bonds is 5. The molecule has 0 saturated carbocycles. The Labute approximate surface area is 189 Å². The van der Waals surface area contributed by atoms with E-state index in [4.69, 9.17) is 4.74 Å². The van der Waals surface area contributed by atoms with Crippen molar-refractivity contribution in [1.29, 1.82) is 0 Å². The highest BCUT2D eigenvalue weighted by atomic mass is 127. The second-order valence-electron chi connectivity index (χ2n) is 7.58. The minimum atomic E-state index is -0.391. The molecule has 0 aromatic heterocycles. The summed E-state index contributed by atoms with van der Waals surface area (Å²) in [6, 6.07) is 13.7. The van der Waals surface area contributed by atoms with E-state index in [1.165, 1.54) is 5.56 Å². The van der Waals surface area contributed by atoms with Crippen LogP contribution in [0.1, 0.15) is 34.3 Å². The van der Waals surface area contributed by atoms with Crippen LogP contribution in [0.4, 0.5) is 5.69 Å². The molecule has 2 aromatic carbocycles. The van der Waals surface area contributed by atoms with Crippen molar-refractivity contribution in [2.45, 2.75) is 25.5 Å². The fourth-order valence-electron chi connectivity index (χ4n) is 3.86. The number of piperidine rings is 1. The molecule has 2 aliphatic rings. The number of nitrogens with one attached hydrogen (secondary N) is 2. The van der Waals surface area contributed by atoms with E-state index in [1.807, 2.05) is 24.3 Å². The lowest BCUT2D eigenvalue weighted by atomic mass is 9.95. The maximum Gasteiger partial charge on any atom is 0.260 e. The Morgan fingerprint density at radius 2 is 1.83 bits per heavy atom. The summed E-state index contributed by atoms with van der Waals surface area (Å²) in [6.07, 6.45) is 4.21. The van der Waals surface area contributed by atoms with Gasteiger partial charge < -0.3 is 10.1 Å². The third kappa shape index (κ3) is 4.74. The molecular formula is C23H24IN3O3. The number of nitrogens with zero attached hydrogens (tertiary/aromatic N) is 1. The van der Waals surface area contributed by atoms with E-state index in [0.29, 0.717) is 22.8 Å². The number of methoxy groups -OCH3 is 1. The zero-order chi connectivity index (χ0) is 21.1. The van der Waals surface area contributed by atoms with Gasteiger partial charge in [-0.15, -0.1) is 0 Å². The summed E-state index contributed by atoms with van der Waals surface area (Å²) in [5.41, 5.74) is 3.76. The van der Waals surface area contributed by atoms with Crippen molar-refractivity contribution < 1.29 is 14.3 Å². The van der Waals surface area contributed by atoms with Gasteiger partial charge in [0.2, 0.25) is 0 Å². The van der Waals surface area contributed by atoms with Crippen LogP contribution < -0.4 is 10.6 Å². The number of amides is 2. The topological polar surface area (TPSA) is 70.7 Å². The van der Waals surface area contributed by atoms with Crippen LogP contribution in [0.5, 0.6) is 0 Å². The van der Waals surface area contributed by atoms with E-state index >= 15 is 0 Å². The number of anilines is 1. The number of likely N-dealkylation sites (tertiary alicyclic amines) is 1. The van der Waals surface area contributed by atoms with Gasteiger partial charge >= 0.3 is 0 Å². The highest BCUT2D eigenvalue weighted by molar-refractivity contribution is 14.1. The van der Waals surface area contributed by atoms with Gasteiger partial charge in [-0.1, -0.05) is 12.1 Å². The number of hydrogen-bond donors (Lipinski definition) is 2. The van der Waals surface area contributed by atoms with Crippen LogP contribution in [0.15, 0.2) is 48.7 Å². The minimum absolute atomic E-state index is 0.359. The highest BCUT2D eigenvalue weighted by Crippen LogP contribution is 2.26. The van der Waals surface area contributed by atoms with E-state index in [-0.39, 0.29) is 5.91 Å². The Kier molecular flexibility index (Phi) is 6.50. The first-order valence-electron chi connectivity index (χ1n) is 10.00. The molecule has 0 aliphatic carbocycles. The Balaban J connectivity index is 1.43. The molecule has 2 aliphatic heterocycles. The molecule has 1 fully saturated rings. The average Bonchev–Trinajstić information content (AvgIpc) is 2.75. The minimum Gasteiger partial charge on any atom is -0.381 e. The van der Waals surface area contributed by atoms with E-state index in [1.54, 1.807) is 19.4 Å². The van der Waals surface area contributed by atoms with E-state index < -0.39 is 5.91 Å². The van der Waals surface area contributed by atoms with Gasteiger partial charge in [-0.2, -0.15) is 0 Å². The molecule has 4 rings (SSSR count). The quantitative estimate of drug-likeness (QED) is 0.360. The number of carbonyl (C=O) groups is 2. The Morgan fingerprint density at radius 3 is 2.53 bits per heavy atom. The first kappa shape index (κ1) is 21.0. The summed E-state index contributed by atoms with van der Waals surface area (Å²) in [4.78, 5) is 26.9. The van der Waals surface area contributed by atoms with Crippen molar-refractivity contribution in [3.05, 3.63) is 68.9 Å². The first-order valence-corrected chi connectivity index (χ1v) is 11.1. The molecule has 7 heteroatoms. The number of halogens is 1. The van der Waals surface area contributed by atoms with Crippen LogP contribution in [-0.4, -0.2) is 43.0 Å². The maximum atomic E-state index is 12.4. The molecule has 156 valence electrons. The predicted octanol–water partition coefficient (Wildman–Crippen LogP) is 3.63. The van der Waals surface area contributed by atoms with E-state index in [9.17, 15) is 9.59 Å². The SMILES string of the molecule is COC1CCN(Cc2ccc(NC=C3C(=O)NC(=O)c4ccc(I)cc43)cc2)CC1. The number of ether oxygens (including phenoxy) is 1. The van der Waals surface area contributed by atoms with Gasteiger partial charge in [0.15, 0.2) is 0 Å². The van der Waals surface area contributed by atoms with Gasteiger partial charge in [-0.3, -0.25) is 19.8 Å². The third-order valence-corrected chi connectivity index (χ3v) is 6.27. The van der Waals surface area contributed by atoms with Gasteiger partial charge in [-0.25, -0.2) is 0 Å². The van der Waals surface area contributed by atoms with E-state index in [0.717, 1.165) is 41.7 Å². The predicted molar refractivity (Wildman–Crippen MR) is 125 cm³/mol. The van der Waals surface area contributed by atoms with Crippen molar-refractivity contribution >= 4 is 45.7 Å². The van der Waals surface area contributed by atoms with Crippen molar-refractivity contribution in [2.75, 3.05) is 25.5 Å². The van der Waals surface area contributed by atoms with Crippen LogP contribution in [0.25, 0.3) is 5.57 Å². The van der Waals surface area contributed by atoms with Gasteiger partial charge in [-0.05, 0) is 71.3 Å². The Bertz CT molecular complexity index is 980. The monoisotopic (exact) mass is 517 g/mol. The summed E-state index contributed by atoms with van der Waals surface area (Å²) in [6.45, 7) is 3.03. The largest absolute Gasteiger partial charge is 0.381 e. The molecule has 0 radical (unpaired) electrons. The number of benzene rings is 2. The molecule has 2 aromatic rings. The normalized spacial score (nSPS) is 18.9. The van der Waals surface area contributed by atoms with Crippen molar-refractivity contribution in [1.82, 2.24) is 10.2 Å². The molecule has 0 atom stereocenters. The van der Waals surface area contributed by atoms with Crippen molar-refractivity contribution in [3.63, 3.8) is 0 Å². The number of carbonyl (C=O) groups excluding carboxylic acids is 2. The summed E-state index contributed by atoms with van der Waals surface area (Å²) in [7, 11) is 1.79. The van der Waals surface area contributed by atoms with Gasteiger partial charge in [0.05, 0.1) is 11.7 Å². The lowest BCUT2D eigenvalue weighted by Crippen LogP contribution is -2.36. The summed E-state index contributed by atoms with van der Waals surface area (Å²) >= 11 is 2.18. The molecule has 0 bridgehead atoms. The van der Waals surface area contributed by atoms with Gasteiger partial charge in [0.25, 0.3) is 11.8 Å². The Hall–Kier alpha value is -2.23. The number of fused-ring (bicyclic) bond motifs is 1. The zero-order valence-corrected chi connectivity index (χ0v) is 18.9. The maximum absolute atomic E-state index is 12.4. The molecule has 1 saturated heterocycles. The van der Waals surface area contributed by atoms with Crippen LogP contribution in [0, 0.1) is 3.57 Å². The van der Waals surface area contributed by atoms with E-state index in [2.05, 4.69) is 50.3 Å². The van der Waals surface area contributed by atoms with Gasteiger partial charge in [0, 0.05) is 53.3 Å². The zero-order valence-electron chi connectivity index (χ0n) is 16.8. The molecule has 0 spiro atoms. The fraction of sp³-hybridized carbons (Fsp3) is 0.304. The lowest BCUT2D eigenvalue weighted by Gasteiger charge is -2.31. The number of hydrogen-bond acceptors (Lipinski definition) is 5. The highest BCUT2D eigenvalue weighted by Gasteiger charge is 2.27. The van der Waals surface area contributed by atoms with Crippen LogP contribution in [0.3, 0.4) is 0 Å². The Morgan fingerprint density at radius 1 is 1.10 bits per heavy atom. The van der Waals surface area contributed by atoms with Crippen LogP contribution >= 0.6 is 22.6 Å². The van der Waals surface area contributed by atoms with Gasteiger partial charge in [0.1, 0.15) is 0 Å². The molecule has 6 nitrogen and oxygen atoms in total. The molecule has 2 heterocycles. The fourth-order valence-corrected chi connectivity index (χ4v) is 4.36. The summed E-state index contributed by atoms with van der Waals surface area (Å²) in [5, 5.41) is 5.60. The second-order valence-corrected chi connectivity index (χ2v) is 8.83. The smallest absolute Gasteiger partial charge is 0.260 e. The molecule has 2 N–H and O–H groups in total. The third-order valence-electron chi connectivity index (χ3n) is 5.60. The molecule has 30 heavy (non-hydrogen) atoms. The lowest BCUT2D eigenvalue weighted by molar-refractivity contribution is -0.114. The second kappa shape index (κ2) is 9.28. The molecule has 0 unspecified atom stereocenters. The van der Waals surface area contributed by atoms with Crippen molar-refractivity contribution in [3.8, 4) is 0 Å². The van der Waals surface area contributed by atoms with Crippen molar-refractivity contribution in [2.24, 2.45) is 0 Å². The first-order chi connectivity index (χ1) is 14.5. The average molecular weight is 517 g/mol. The standard InChI is InChI=1S/C23H24IN3O3/c1-30-18-8-10-27(11-9-18)14-15-2-5-17(6-3-15)25-13-21-20-12-16(24)4-7-19(20)22(28)26-23(21)29/h2-7,12-13,18,25H,8-11,14H2,1H3,(H,26,28,29).